The van der Waals surface area contributed by atoms with Gasteiger partial charge in [-0.05, 0) is 50.2 Å². The van der Waals surface area contributed by atoms with E-state index in [0.717, 1.165) is 55.0 Å². The van der Waals surface area contributed by atoms with Crippen molar-refractivity contribution in [3.63, 3.8) is 0 Å². The number of hydrogen-bond acceptors (Lipinski definition) is 5. The average Bonchev–Trinajstić information content (AvgIpc) is 3.45. The zero-order valence-corrected chi connectivity index (χ0v) is 16.3. The molecule has 0 radical (unpaired) electrons. The molecule has 0 aromatic carbocycles. The molecule has 1 saturated carbocycles. The van der Waals surface area contributed by atoms with Crippen molar-refractivity contribution in [3.8, 4) is 0 Å². The topological polar surface area (TPSA) is 78.3 Å². The number of hydrogen-bond donors (Lipinski definition) is 1. The molecular weight excluding hydrogens is 354 g/mol. The second kappa shape index (κ2) is 6.65. The maximum absolute atomic E-state index is 12.7. The number of aryl methyl sites for hydroxylation is 1. The summed E-state index contributed by atoms with van der Waals surface area (Å²) >= 11 is 0. The number of anilines is 1. The van der Waals surface area contributed by atoms with E-state index in [4.69, 9.17) is 9.40 Å². The fourth-order valence-corrected chi connectivity index (χ4v) is 4.99. The van der Waals surface area contributed by atoms with Crippen molar-refractivity contribution < 1.29 is 9.21 Å². The van der Waals surface area contributed by atoms with Crippen LogP contribution in [0, 0.1) is 18.8 Å². The molecule has 1 saturated heterocycles. The molecule has 7 nitrogen and oxygen atoms in total. The first kappa shape index (κ1) is 17.3. The zero-order chi connectivity index (χ0) is 19.3. The second-order valence-corrected chi connectivity index (χ2v) is 8.14. The number of piperidine rings is 1. The fourth-order valence-electron chi connectivity index (χ4n) is 4.99. The van der Waals surface area contributed by atoms with Gasteiger partial charge in [-0.25, -0.2) is 9.97 Å². The monoisotopic (exact) mass is 379 g/mol. The van der Waals surface area contributed by atoms with Crippen LogP contribution in [0.15, 0.2) is 35.3 Å². The predicted molar refractivity (Wildman–Crippen MR) is 106 cm³/mol. The minimum atomic E-state index is 0.0498. The Kier molecular flexibility index (Phi) is 4.10. The van der Waals surface area contributed by atoms with Gasteiger partial charge < -0.3 is 19.2 Å². The van der Waals surface area contributed by atoms with Gasteiger partial charge >= 0.3 is 0 Å². The first-order valence-electron chi connectivity index (χ1n) is 9.96. The van der Waals surface area contributed by atoms with Gasteiger partial charge in [-0.3, -0.25) is 4.79 Å². The van der Waals surface area contributed by atoms with Crippen LogP contribution < -0.4 is 4.90 Å². The van der Waals surface area contributed by atoms with E-state index in [1.54, 1.807) is 12.3 Å². The summed E-state index contributed by atoms with van der Waals surface area (Å²) in [5, 5.41) is 0. The molecule has 7 heteroatoms. The summed E-state index contributed by atoms with van der Waals surface area (Å²) in [6, 6.07) is 4.03. The van der Waals surface area contributed by atoms with Gasteiger partial charge in [0.05, 0.1) is 17.3 Å². The van der Waals surface area contributed by atoms with E-state index in [1.807, 2.05) is 31.1 Å². The van der Waals surface area contributed by atoms with Crippen molar-refractivity contribution in [1.29, 1.82) is 0 Å². The third kappa shape index (κ3) is 2.85. The highest BCUT2D eigenvalue weighted by molar-refractivity contribution is 5.93. The van der Waals surface area contributed by atoms with E-state index >= 15 is 0 Å². The summed E-state index contributed by atoms with van der Waals surface area (Å²) in [7, 11) is 1.92. The second-order valence-electron chi connectivity index (χ2n) is 8.14. The highest BCUT2D eigenvalue weighted by atomic mass is 16.3. The van der Waals surface area contributed by atoms with E-state index in [0.29, 0.717) is 17.4 Å². The first-order chi connectivity index (χ1) is 13.6. The number of aromatic nitrogens is 3. The third-order valence-corrected chi connectivity index (χ3v) is 6.48. The Morgan fingerprint density at radius 2 is 2.14 bits per heavy atom. The molecule has 1 aliphatic heterocycles. The molecule has 28 heavy (non-hydrogen) atoms. The molecule has 5 rings (SSSR count). The number of aromatic amines is 1. The van der Waals surface area contributed by atoms with Crippen LogP contribution in [-0.2, 0) is 0 Å². The lowest BCUT2D eigenvalue weighted by atomic mass is 9.89. The Bertz CT molecular complexity index is 996. The Morgan fingerprint density at radius 3 is 2.96 bits per heavy atom. The molecule has 3 atom stereocenters. The molecule has 0 spiro atoms. The third-order valence-electron chi connectivity index (χ3n) is 6.48. The van der Waals surface area contributed by atoms with Crippen LogP contribution in [0.4, 0.5) is 5.82 Å². The number of carbonyl (C=O) groups is 1. The molecule has 2 fully saturated rings. The Balaban J connectivity index is 1.32. The number of nitrogens with zero attached hydrogens (tertiary/aromatic N) is 4. The number of carbonyl (C=O) groups excluding carboxylic acids is 1. The molecule has 3 aromatic heterocycles. The van der Waals surface area contributed by atoms with Crippen LogP contribution in [0.3, 0.4) is 0 Å². The predicted octanol–water partition coefficient (Wildman–Crippen LogP) is 3.24. The molecule has 1 N–H and O–H groups in total. The SMILES string of the molecule is Cc1nc(N2CC[C@@H]3C[C@H](N(C)C(=O)c4ccoc4)C[C@@H]3C2)c2[nH]ccc2n1. The summed E-state index contributed by atoms with van der Waals surface area (Å²) in [5.74, 6) is 3.12. The first-order valence-corrected chi connectivity index (χ1v) is 9.96. The van der Waals surface area contributed by atoms with Gasteiger partial charge in [0, 0.05) is 32.4 Å². The summed E-state index contributed by atoms with van der Waals surface area (Å²) in [6.45, 7) is 3.93. The van der Waals surface area contributed by atoms with Crippen LogP contribution in [-0.4, -0.2) is 51.9 Å². The van der Waals surface area contributed by atoms with E-state index in [9.17, 15) is 4.79 Å². The van der Waals surface area contributed by atoms with Gasteiger partial charge in [-0.15, -0.1) is 0 Å². The Hall–Kier alpha value is -2.83. The van der Waals surface area contributed by atoms with Crippen molar-refractivity contribution in [1.82, 2.24) is 19.9 Å². The molecule has 0 bridgehead atoms. The van der Waals surface area contributed by atoms with Crippen molar-refractivity contribution in [2.75, 3.05) is 25.0 Å². The molecule has 1 aliphatic carbocycles. The summed E-state index contributed by atoms with van der Waals surface area (Å²) in [6.07, 6.45) is 8.27. The van der Waals surface area contributed by atoms with Crippen molar-refractivity contribution in [2.24, 2.45) is 11.8 Å². The van der Waals surface area contributed by atoms with E-state index in [-0.39, 0.29) is 11.9 Å². The minimum Gasteiger partial charge on any atom is -0.472 e. The van der Waals surface area contributed by atoms with Crippen LogP contribution in [0.2, 0.25) is 0 Å². The summed E-state index contributed by atoms with van der Waals surface area (Å²) in [5.41, 5.74) is 2.62. The summed E-state index contributed by atoms with van der Waals surface area (Å²) < 4.78 is 5.08. The van der Waals surface area contributed by atoms with E-state index in [2.05, 4.69) is 14.9 Å². The van der Waals surface area contributed by atoms with Gasteiger partial charge in [0.2, 0.25) is 0 Å². The molecule has 4 heterocycles. The normalized spacial score (nSPS) is 24.5. The van der Waals surface area contributed by atoms with Crippen molar-refractivity contribution in [2.45, 2.75) is 32.2 Å². The zero-order valence-electron chi connectivity index (χ0n) is 16.3. The Morgan fingerprint density at radius 1 is 1.29 bits per heavy atom. The van der Waals surface area contributed by atoms with Gasteiger partial charge in [-0.2, -0.15) is 0 Å². The molecule has 3 aromatic rings. The molecule has 1 amide bonds. The number of nitrogens with one attached hydrogen (secondary N) is 1. The van der Waals surface area contributed by atoms with Crippen molar-refractivity contribution in [3.05, 3.63) is 42.2 Å². The molecule has 0 unspecified atom stereocenters. The minimum absolute atomic E-state index is 0.0498. The number of fused-ring (bicyclic) bond motifs is 2. The highest BCUT2D eigenvalue weighted by Crippen LogP contribution is 2.41. The lowest BCUT2D eigenvalue weighted by Gasteiger charge is -2.35. The van der Waals surface area contributed by atoms with Gasteiger partial charge in [0.1, 0.15) is 17.6 Å². The standard InChI is InChI=1S/C21H25N5O2/c1-13-23-18-3-6-22-19(18)20(24-13)26-7-4-14-9-17(10-16(14)11-26)25(2)21(27)15-5-8-28-12-15/h3,5-6,8,12,14,16-17,22H,4,7,9-11H2,1-2H3/t14-,16-,17+/m1/s1. The maximum atomic E-state index is 12.7. The lowest BCUT2D eigenvalue weighted by molar-refractivity contribution is 0.0730. The maximum Gasteiger partial charge on any atom is 0.257 e. The average molecular weight is 379 g/mol. The largest absolute Gasteiger partial charge is 0.472 e. The molecule has 2 aliphatic rings. The summed E-state index contributed by atoms with van der Waals surface area (Å²) in [4.78, 5) is 29.5. The number of amides is 1. The van der Waals surface area contributed by atoms with Crippen LogP contribution in [0.25, 0.3) is 11.0 Å². The van der Waals surface area contributed by atoms with Gasteiger partial charge in [-0.1, -0.05) is 0 Å². The van der Waals surface area contributed by atoms with Crippen molar-refractivity contribution >= 4 is 22.8 Å². The van der Waals surface area contributed by atoms with Gasteiger partial charge in [0.25, 0.3) is 5.91 Å². The lowest BCUT2D eigenvalue weighted by Crippen LogP contribution is -2.39. The molecule has 146 valence electrons. The van der Waals surface area contributed by atoms with E-state index < -0.39 is 0 Å². The molecular formula is C21H25N5O2. The van der Waals surface area contributed by atoms with Crippen LogP contribution in [0.1, 0.15) is 35.4 Å². The van der Waals surface area contributed by atoms with Crippen LogP contribution >= 0.6 is 0 Å². The number of H-pyrrole nitrogens is 1. The smallest absolute Gasteiger partial charge is 0.257 e. The van der Waals surface area contributed by atoms with Crippen LogP contribution in [0.5, 0.6) is 0 Å². The number of rotatable bonds is 3. The quantitative estimate of drug-likeness (QED) is 0.756. The number of furan rings is 1. The Labute approximate surface area is 163 Å². The van der Waals surface area contributed by atoms with E-state index in [1.165, 1.54) is 6.26 Å². The van der Waals surface area contributed by atoms with Gasteiger partial charge in [0.15, 0.2) is 5.82 Å². The highest BCUT2D eigenvalue weighted by Gasteiger charge is 2.41. The fraction of sp³-hybridized carbons (Fsp3) is 0.476.